The minimum absolute atomic E-state index is 0.260. The van der Waals surface area contributed by atoms with Crippen molar-refractivity contribution in [3.05, 3.63) is 23.1 Å². The molecule has 112 valence electrons. The van der Waals surface area contributed by atoms with Crippen LogP contribution in [0.2, 0.25) is 0 Å². The lowest BCUT2D eigenvalue weighted by molar-refractivity contribution is -0.122. The van der Waals surface area contributed by atoms with Crippen LogP contribution in [0.25, 0.3) is 10.1 Å². The van der Waals surface area contributed by atoms with Crippen LogP contribution in [0.5, 0.6) is 5.75 Å². The SMILES string of the molecule is CNC(=O)C(C)NC(=O)c1sc2cc(OC)ccc2c1N. The first kappa shape index (κ1) is 15.1. The predicted octanol–water partition coefficient (Wildman–Crippen LogP) is 1.36. The number of nitrogens with one attached hydrogen (secondary N) is 2. The molecular weight excluding hydrogens is 290 g/mol. The maximum absolute atomic E-state index is 12.2. The fourth-order valence-corrected chi connectivity index (χ4v) is 2.99. The summed E-state index contributed by atoms with van der Waals surface area (Å²) in [5, 5.41) is 5.91. The summed E-state index contributed by atoms with van der Waals surface area (Å²) in [7, 11) is 3.10. The van der Waals surface area contributed by atoms with Gasteiger partial charge < -0.3 is 21.1 Å². The molecule has 0 saturated heterocycles. The number of likely N-dealkylation sites (N-methyl/N-ethyl adjacent to an activating group) is 1. The Morgan fingerprint density at radius 2 is 2.10 bits per heavy atom. The molecular formula is C14H17N3O3S. The maximum atomic E-state index is 12.2. The number of rotatable bonds is 4. The molecule has 2 rings (SSSR count). The molecule has 2 amide bonds. The van der Waals surface area contributed by atoms with Gasteiger partial charge in [-0.25, -0.2) is 0 Å². The number of carbonyl (C=O) groups is 2. The molecule has 21 heavy (non-hydrogen) atoms. The zero-order chi connectivity index (χ0) is 15.6. The van der Waals surface area contributed by atoms with Crippen LogP contribution >= 0.6 is 11.3 Å². The summed E-state index contributed by atoms with van der Waals surface area (Å²) in [4.78, 5) is 24.1. The molecule has 1 atom stereocenters. The van der Waals surface area contributed by atoms with Gasteiger partial charge in [-0.1, -0.05) is 0 Å². The molecule has 4 N–H and O–H groups in total. The molecule has 0 fully saturated rings. The van der Waals surface area contributed by atoms with Crippen LogP contribution in [0, 0.1) is 0 Å². The topological polar surface area (TPSA) is 93.5 Å². The van der Waals surface area contributed by atoms with Crippen molar-refractivity contribution in [3.8, 4) is 5.75 Å². The Hall–Kier alpha value is -2.28. The lowest BCUT2D eigenvalue weighted by Crippen LogP contribution is -2.43. The quantitative estimate of drug-likeness (QED) is 0.795. The number of hydrogen-bond donors (Lipinski definition) is 3. The molecule has 0 aliphatic carbocycles. The van der Waals surface area contributed by atoms with Gasteiger partial charge in [0.25, 0.3) is 5.91 Å². The van der Waals surface area contributed by atoms with E-state index in [1.54, 1.807) is 20.1 Å². The summed E-state index contributed by atoms with van der Waals surface area (Å²) in [5.41, 5.74) is 6.44. The van der Waals surface area contributed by atoms with E-state index in [-0.39, 0.29) is 11.8 Å². The van der Waals surface area contributed by atoms with E-state index in [1.165, 1.54) is 18.4 Å². The van der Waals surface area contributed by atoms with Crippen LogP contribution < -0.4 is 21.1 Å². The second kappa shape index (κ2) is 6.01. The normalized spacial score (nSPS) is 12.0. The molecule has 2 aromatic rings. The smallest absolute Gasteiger partial charge is 0.264 e. The van der Waals surface area contributed by atoms with Gasteiger partial charge in [0, 0.05) is 17.1 Å². The van der Waals surface area contributed by atoms with Crippen LogP contribution in [0.4, 0.5) is 5.69 Å². The van der Waals surface area contributed by atoms with Gasteiger partial charge in [0.15, 0.2) is 0 Å². The van der Waals surface area contributed by atoms with Crippen molar-refractivity contribution in [1.82, 2.24) is 10.6 Å². The molecule has 0 aliphatic heterocycles. The molecule has 1 aromatic carbocycles. The minimum Gasteiger partial charge on any atom is -0.497 e. The molecule has 0 spiro atoms. The second-order valence-electron chi connectivity index (χ2n) is 4.52. The number of ether oxygens (including phenoxy) is 1. The fraction of sp³-hybridized carbons (Fsp3) is 0.286. The van der Waals surface area contributed by atoms with E-state index in [1.807, 2.05) is 12.1 Å². The molecule has 0 radical (unpaired) electrons. The number of thiophene rings is 1. The third kappa shape index (κ3) is 2.92. The van der Waals surface area contributed by atoms with Crippen LogP contribution in [0.1, 0.15) is 16.6 Å². The van der Waals surface area contributed by atoms with Crippen molar-refractivity contribution in [1.29, 1.82) is 0 Å². The van der Waals surface area contributed by atoms with Crippen LogP contribution in [-0.4, -0.2) is 32.0 Å². The average Bonchev–Trinajstić information content (AvgIpc) is 2.82. The maximum Gasteiger partial charge on any atom is 0.264 e. The van der Waals surface area contributed by atoms with Crippen LogP contribution in [0.3, 0.4) is 0 Å². The molecule has 1 unspecified atom stereocenters. The van der Waals surface area contributed by atoms with Crippen molar-refractivity contribution >= 4 is 38.9 Å². The summed E-state index contributed by atoms with van der Waals surface area (Å²) in [6, 6.07) is 4.82. The first-order chi connectivity index (χ1) is 9.97. The first-order valence-corrected chi connectivity index (χ1v) is 7.18. The fourth-order valence-electron chi connectivity index (χ4n) is 1.94. The van der Waals surface area contributed by atoms with Crippen molar-refractivity contribution in [3.63, 3.8) is 0 Å². The zero-order valence-electron chi connectivity index (χ0n) is 12.0. The lowest BCUT2D eigenvalue weighted by Gasteiger charge is -2.11. The number of methoxy groups -OCH3 is 1. The van der Waals surface area contributed by atoms with E-state index in [2.05, 4.69) is 10.6 Å². The Balaban J connectivity index is 2.31. The number of nitrogens with two attached hydrogens (primary N) is 1. The Labute approximate surface area is 126 Å². The lowest BCUT2D eigenvalue weighted by atomic mass is 10.2. The molecule has 0 bridgehead atoms. The monoisotopic (exact) mass is 307 g/mol. The Morgan fingerprint density at radius 1 is 1.38 bits per heavy atom. The Bertz CT molecular complexity index is 696. The highest BCUT2D eigenvalue weighted by atomic mass is 32.1. The van der Waals surface area contributed by atoms with E-state index >= 15 is 0 Å². The summed E-state index contributed by atoms with van der Waals surface area (Å²) in [6.45, 7) is 1.61. The van der Waals surface area contributed by atoms with Crippen molar-refractivity contribution in [2.75, 3.05) is 19.9 Å². The van der Waals surface area contributed by atoms with E-state index in [9.17, 15) is 9.59 Å². The Kier molecular flexibility index (Phi) is 4.32. The number of hydrogen-bond acceptors (Lipinski definition) is 5. The van der Waals surface area contributed by atoms with E-state index in [0.29, 0.717) is 16.3 Å². The summed E-state index contributed by atoms with van der Waals surface area (Å²) in [6.07, 6.45) is 0. The van der Waals surface area contributed by atoms with Gasteiger partial charge in [0.05, 0.1) is 12.8 Å². The van der Waals surface area contributed by atoms with Gasteiger partial charge in [-0.05, 0) is 25.1 Å². The van der Waals surface area contributed by atoms with Gasteiger partial charge in [-0.3, -0.25) is 9.59 Å². The number of nitrogen functional groups attached to an aromatic ring is 1. The van der Waals surface area contributed by atoms with E-state index in [0.717, 1.165) is 10.1 Å². The van der Waals surface area contributed by atoms with E-state index < -0.39 is 6.04 Å². The molecule has 1 heterocycles. The summed E-state index contributed by atoms with van der Waals surface area (Å²) in [5.74, 6) is 0.0860. The summed E-state index contributed by atoms with van der Waals surface area (Å²) >= 11 is 1.27. The summed E-state index contributed by atoms with van der Waals surface area (Å²) < 4.78 is 6.02. The van der Waals surface area contributed by atoms with Gasteiger partial charge in [-0.15, -0.1) is 11.3 Å². The standard InChI is InChI=1S/C14H17N3O3S/c1-7(13(18)16-2)17-14(19)12-11(15)9-5-4-8(20-3)6-10(9)21-12/h4-7H,15H2,1-3H3,(H,16,18)(H,17,19). The zero-order valence-corrected chi connectivity index (χ0v) is 12.8. The van der Waals surface area contributed by atoms with Crippen molar-refractivity contribution in [2.45, 2.75) is 13.0 Å². The number of amides is 2. The number of benzene rings is 1. The molecule has 1 aromatic heterocycles. The van der Waals surface area contributed by atoms with Gasteiger partial charge in [-0.2, -0.15) is 0 Å². The molecule has 0 aliphatic rings. The van der Waals surface area contributed by atoms with Crippen molar-refractivity contribution < 1.29 is 14.3 Å². The van der Waals surface area contributed by atoms with Crippen LogP contribution in [-0.2, 0) is 4.79 Å². The predicted molar refractivity (Wildman–Crippen MR) is 83.8 cm³/mol. The third-order valence-corrected chi connectivity index (χ3v) is 4.30. The van der Waals surface area contributed by atoms with Gasteiger partial charge >= 0.3 is 0 Å². The van der Waals surface area contributed by atoms with E-state index in [4.69, 9.17) is 10.5 Å². The largest absolute Gasteiger partial charge is 0.497 e. The second-order valence-corrected chi connectivity index (χ2v) is 5.57. The van der Waals surface area contributed by atoms with Gasteiger partial charge in [0.1, 0.15) is 16.7 Å². The Morgan fingerprint density at radius 3 is 2.71 bits per heavy atom. The number of carbonyl (C=O) groups excluding carboxylic acids is 2. The first-order valence-electron chi connectivity index (χ1n) is 6.36. The van der Waals surface area contributed by atoms with Crippen LogP contribution in [0.15, 0.2) is 18.2 Å². The van der Waals surface area contributed by atoms with Crippen molar-refractivity contribution in [2.24, 2.45) is 0 Å². The highest BCUT2D eigenvalue weighted by Gasteiger charge is 2.20. The number of fused-ring (bicyclic) bond motifs is 1. The third-order valence-electron chi connectivity index (χ3n) is 3.13. The molecule has 0 saturated carbocycles. The minimum atomic E-state index is -0.623. The average molecular weight is 307 g/mol. The number of anilines is 1. The molecule has 7 heteroatoms. The highest BCUT2D eigenvalue weighted by Crippen LogP contribution is 2.35. The molecule has 6 nitrogen and oxygen atoms in total. The van der Waals surface area contributed by atoms with Gasteiger partial charge in [0.2, 0.25) is 5.91 Å². The highest BCUT2D eigenvalue weighted by molar-refractivity contribution is 7.21.